The summed E-state index contributed by atoms with van der Waals surface area (Å²) in [6, 6.07) is 84.6. The van der Waals surface area contributed by atoms with Crippen LogP contribution in [0.4, 0.5) is 0 Å². The third-order valence-electron chi connectivity index (χ3n) is 16.7. The minimum absolute atomic E-state index is 0.0103. The van der Waals surface area contributed by atoms with E-state index in [4.69, 9.17) is 38.4 Å². The summed E-state index contributed by atoms with van der Waals surface area (Å²) in [5.74, 6) is 10.0. The highest BCUT2D eigenvalue weighted by molar-refractivity contribution is 9.10. The highest BCUT2D eigenvalue weighted by Crippen LogP contribution is 2.42. The number of ether oxygens (including phenoxy) is 6. The maximum Gasteiger partial charge on any atom is 0.260 e. The normalized spacial score (nSPS) is 12.1. The van der Waals surface area contributed by atoms with E-state index in [-0.39, 0.29) is 17.5 Å². The Morgan fingerprint density at radius 3 is 1.34 bits per heavy atom. The first-order chi connectivity index (χ1) is 45.7. The predicted molar refractivity (Wildman–Crippen MR) is 377 cm³/mol. The van der Waals surface area contributed by atoms with Crippen molar-refractivity contribution in [3.8, 4) is 103 Å². The van der Waals surface area contributed by atoms with Crippen molar-refractivity contribution >= 4 is 61.1 Å². The van der Waals surface area contributed by atoms with Crippen molar-refractivity contribution in [3.05, 3.63) is 283 Å². The van der Waals surface area contributed by atoms with Crippen LogP contribution in [0.1, 0.15) is 52.7 Å². The summed E-state index contributed by atoms with van der Waals surface area (Å²) in [6.45, 7) is 12.9. The Balaban J connectivity index is 0.000000155. The highest BCUT2D eigenvalue weighted by Gasteiger charge is 2.41. The zero-order chi connectivity index (χ0) is 64.1. The quantitative estimate of drug-likeness (QED) is 0.109. The molecule has 14 heteroatoms. The standard InChI is InChI=1S/C40H30BN3O3.C40H32BrN3O3/c1-40(2,3)26-20-21-42-37(23-26)45-28-17-19-34-30(24-28)41-29-22-25(16-18-33(29)46-35-14-9-15-36(47-34)38(35)41)39-43-31-12-7-8-13-32(31)44(39)27-10-5-4-6-11-27;1-40(2,3)28-24-25-42-37(26-28)47-32-22-20-31(21-23-32)46-36-15-9-14-35(38(36)41)45-30-18-16-27(17-19-30)39-43-33-12-7-8-13-34(33)44(39)29-10-5-4-6-11-29/h4-24H,1-3H3;4-26H,1-3H3. The van der Waals surface area contributed by atoms with E-state index in [1.54, 1.807) is 12.4 Å². The monoisotopic (exact) mass is 1290 g/mol. The topological polar surface area (TPSA) is 117 Å². The van der Waals surface area contributed by atoms with Gasteiger partial charge in [-0.3, -0.25) is 9.13 Å². The van der Waals surface area contributed by atoms with E-state index >= 15 is 0 Å². The van der Waals surface area contributed by atoms with Gasteiger partial charge >= 0.3 is 0 Å². The minimum Gasteiger partial charge on any atom is -0.458 e. The van der Waals surface area contributed by atoms with Crippen LogP contribution in [0, 0.1) is 0 Å². The van der Waals surface area contributed by atoms with Crippen molar-refractivity contribution in [2.45, 2.75) is 52.4 Å². The van der Waals surface area contributed by atoms with Crippen molar-refractivity contribution in [1.29, 1.82) is 0 Å². The summed E-state index contributed by atoms with van der Waals surface area (Å²) < 4.78 is 43.0. The Bertz CT molecular complexity index is 5130. The third-order valence-corrected chi connectivity index (χ3v) is 17.5. The van der Waals surface area contributed by atoms with Gasteiger partial charge in [0.25, 0.3) is 6.71 Å². The molecule has 10 aromatic carbocycles. The van der Waals surface area contributed by atoms with E-state index in [0.29, 0.717) is 50.7 Å². The largest absolute Gasteiger partial charge is 0.458 e. The summed E-state index contributed by atoms with van der Waals surface area (Å²) >= 11 is 3.69. The second-order valence-electron chi connectivity index (χ2n) is 25.2. The van der Waals surface area contributed by atoms with E-state index in [0.717, 1.165) is 107 Å². The smallest absolute Gasteiger partial charge is 0.260 e. The van der Waals surface area contributed by atoms with Gasteiger partial charge < -0.3 is 28.4 Å². The second-order valence-corrected chi connectivity index (χ2v) is 26.0. The zero-order valence-corrected chi connectivity index (χ0v) is 54.1. The summed E-state index contributed by atoms with van der Waals surface area (Å²) in [5.41, 5.74) is 13.5. The number of hydrogen-bond acceptors (Lipinski definition) is 10. The molecule has 0 amide bonds. The lowest BCUT2D eigenvalue weighted by Gasteiger charge is -2.33. The first kappa shape index (κ1) is 59.1. The van der Waals surface area contributed by atoms with Crippen LogP contribution in [0.2, 0.25) is 0 Å². The van der Waals surface area contributed by atoms with Gasteiger partial charge in [0.05, 0.1) is 22.1 Å². The number of halogens is 1. The van der Waals surface area contributed by atoms with Crippen LogP contribution < -0.4 is 44.8 Å². The van der Waals surface area contributed by atoms with Crippen LogP contribution in [-0.4, -0.2) is 35.8 Å². The van der Waals surface area contributed by atoms with Crippen LogP contribution in [0.3, 0.4) is 0 Å². The van der Waals surface area contributed by atoms with Crippen molar-refractivity contribution in [3.63, 3.8) is 0 Å². The number of para-hydroxylation sites is 6. The molecule has 12 nitrogen and oxygen atoms in total. The molecule has 0 fully saturated rings. The van der Waals surface area contributed by atoms with Gasteiger partial charge in [0.15, 0.2) is 0 Å². The average Bonchev–Trinajstić information content (AvgIpc) is 0.736. The van der Waals surface area contributed by atoms with Crippen LogP contribution in [0.15, 0.2) is 272 Å². The molecule has 0 saturated heterocycles. The maximum atomic E-state index is 6.53. The number of nitrogens with zero attached hydrogens (tertiary/aromatic N) is 6. The van der Waals surface area contributed by atoms with Crippen molar-refractivity contribution in [1.82, 2.24) is 29.1 Å². The predicted octanol–water partition coefficient (Wildman–Crippen LogP) is 19.4. The number of hydrogen-bond donors (Lipinski definition) is 0. The Hall–Kier alpha value is -11.2. The molecule has 94 heavy (non-hydrogen) atoms. The molecular formula is C80H62BBrN6O6. The molecule has 0 atom stereocenters. The molecule has 0 N–H and O–H groups in total. The number of aromatic nitrogens is 6. The van der Waals surface area contributed by atoms with Gasteiger partial charge in [-0.15, -0.1) is 0 Å². The first-order valence-electron chi connectivity index (χ1n) is 31.2. The van der Waals surface area contributed by atoms with Crippen molar-refractivity contribution < 1.29 is 28.4 Å². The molecule has 0 saturated carbocycles. The van der Waals surface area contributed by atoms with Crippen molar-refractivity contribution in [2.75, 3.05) is 0 Å². The van der Waals surface area contributed by atoms with Crippen LogP contribution in [-0.2, 0) is 10.8 Å². The van der Waals surface area contributed by atoms with Gasteiger partial charge in [0.1, 0.15) is 73.6 Å². The minimum atomic E-state index is -0.138. The Morgan fingerprint density at radius 1 is 0.383 bits per heavy atom. The molecular weight excluding hydrogens is 1230 g/mol. The molecule has 0 radical (unpaired) electrons. The fraction of sp³-hybridized carbons (Fsp3) is 0.100. The number of pyridine rings is 2. The second kappa shape index (κ2) is 24.4. The highest BCUT2D eigenvalue weighted by atomic mass is 79.9. The van der Waals surface area contributed by atoms with Gasteiger partial charge in [0.2, 0.25) is 11.8 Å². The zero-order valence-electron chi connectivity index (χ0n) is 52.5. The third kappa shape index (κ3) is 11.8. The summed E-state index contributed by atoms with van der Waals surface area (Å²) in [6.07, 6.45) is 3.58. The number of fused-ring (bicyclic) bond motifs is 6. The summed E-state index contributed by atoms with van der Waals surface area (Å²) in [5, 5.41) is 0. The molecule has 14 aromatic rings. The van der Waals surface area contributed by atoms with Gasteiger partial charge in [-0.25, -0.2) is 19.9 Å². The fourth-order valence-electron chi connectivity index (χ4n) is 12.0. The van der Waals surface area contributed by atoms with Crippen LogP contribution in [0.5, 0.6) is 69.3 Å². The van der Waals surface area contributed by atoms with E-state index < -0.39 is 0 Å². The number of imidazole rings is 2. The molecule has 6 heterocycles. The molecule has 0 unspecified atom stereocenters. The lowest BCUT2D eigenvalue weighted by Crippen LogP contribution is -2.57. The molecule has 16 rings (SSSR count). The summed E-state index contributed by atoms with van der Waals surface area (Å²) in [4.78, 5) is 19.0. The fourth-order valence-corrected chi connectivity index (χ4v) is 12.4. The molecule has 0 spiro atoms. The Kier molecular flexibility index (Phi) is 15.4. The molecule has 0 bridgehead atoms. The Morgan fingerprint density at radius 2 is 0.809 bits per heavy atom. The maximum absolute atomic E-state index is 6.53. The molecule has 0 aliphatic carbocycles. The molecule has 2 aliphatic rings. The van der Waals surface area contributed by atoms with Crippen LogP contribution >= 0.6 is 15.9 Å². The lowest BCUT2D eigenvalue weighted by atomic mass is 9.34. The number of benzene rings is 10. The van der Waals surface area contributed by atoms with E-state index in [9.17, 15) is 0 Å². The van der Waals surface area contributed by atoms with Crippen LogP contribution in [0.25, 0.3) is 56.2 Å². The van der Waals surface area contributed by atoms with Gasteiger partial charge in [-0.2, -0.15) is 0 Å². The average molecular weight is 1290 g/mol. The van der Waals surface area contributed by atoms with Gasteiger partial charge in [0, 0.05) is 52.5 Å². The molecule has 2 aliphatic heterocycles. The van der Waals surface area contributed by atoms with Gasteiger partial charge in [-0.05, 0) is 213 Å². The van der Waals surface area contributed by atoms with E-state index in [1.807, 2.05) is 170 Å². The van der Waals surface area contributed by atoms with Crippen molar-refractivity contribution in [2.24, 2.45) is 0 Å². The SMILES string of the molecule is CC(C)(C)c1ccnc(Oc2ccc(Oc3cccc(Oc4ccc(-c5nc6ccccc6n5-c5ccccc5)cc4)c3Br)cc2)c1.CC(C)(C)c1ccnc(Oc2ccc3c(c2)B2c4cc(-c5nc6ccccc6n5-c5ccccc5)ccc4Oc4cccc(c42)O3)c1. The number of rotatable bonds is 12. The van der Waals surface area contributed by atoms with E-state index in [1.165, 1.54) is 0 Å². The Labute approximate surface area is 553 Å². The van der Waals surface area contributed by atoms with Gasteiger partial charge in [-0.1, -0.05) is 120 Å². The molecule has 458 valence electrons. The van der Waals surface area contributed by atoms with E-state index in [2.05, 4.69) is 162 Å². The summed E-state index contributed by atoms with van der Waals surface area (Å²) in [7, 11) is 0. The molecule has 4 aromatic heterocycles. The first-order valence-corrected chi connectivity index (χ1v) is 32.0. The lowest BCUT2D eigenvalue weighted by molar-refractivity contribution is 0.447.